The molecule has 0 spiro atoms. The Morgan fingerprint density at radius 1 is 1.48 bits per heavy atom. The highest BCUT2D eigenvalue weighted by molar-refractivity contribution is 9.10. The summed E-state index contributed by atoms with van der Waals surface area (Å²) in [5.41, 5.74) is 0.0407. The van der Waals surface area contributed by atoms with Crippen molar-refractivity contribution in [1.82, 2.24) is 4.31 Å². The second kappa shape index (κ2) is 7.62. The average Bonchev–Trinajstić information content (AvgIpc) is 2.43. The molecular weight excluding hydrogens is 378 g/mol. The van der Waals surface area contributed by atoms with Gasteiger partial charge in [-0.3, -0.25) is 0 Å². The van der Waals surface area contributed by atoms with Crippen molar-refractivity contribution in [3.63, 3.8) is 0 Å². The number of nitrogens with zero attached hydrogens (tertiary/aromatic N) is 1. The van der Waals surface area contributed by atoms with Crippen LogP contribution >= 0.6 is 27.7 Å². The molecule has 0 heterocycles. The lowest BCUT2D eigenvalue weighted by Gasteiger charge is -2.24. The standard InChI is InChI=1S/C13H18BrNO4S2/c1-9(6-7-20-3)15(2)21(18,19)12-5-4-10(13(16)17)8-11(12)14/h4-5,8-9H,6-7H2,1-3H3,(H,16,17). The Morgan fingerprint density at radius 2 is 2.10 bits per heavy atom. The Labute approximate surface area is 137 Å². The summed E-state index contributed by atoms with van der Waals surface area (Å²) in [5.74, 6) is -0.221. The van der Waals surface area contributed by atoms with Gasteiger partial charge in [0, 0.05) is 17.6 Å². The number of sulfonamides is 1. The molecule has 0 radical (unpaired) electrons. The zero-order valence-corrected chi connectivity index (χ0v) is 15.3. The van der Waals surface area contributed by atoms with Gasteiger partial charge in [-0.1, -0.05) is 0 Å². The fourth-order valence-corrected chi connectivity index (χ4v) is 4.71. The number of carboxylic acid groups (broad SMARTS) is 1. The van der Waals surface area contributed by atoms with Gasteiger partial charge in [-0.15, -0.1) is 0 Å². The monoisotopic (exact) mass is 395 g/mol. The molecule has 1 atom stereocenters. The SMILES string of the molecule is CSCCC(C)N(C)S(=O)(=O)c1ccc(C(=O)O)cc1Br. The highest BCUT2D eigenvalue weighted by Crippen LogP contribution is 2.27. The minimum Gasteiger partial charge on any atom is -0.478 e. The average molecular weight is 396 g/mol. The number of thioether (sulfide) groups is 1. The zero-order valence-electron chi connectivity index (χ0n) is 12.0. The second-order valence-electron chi connectivity index (χ2n) is 4.60. The van der Waals surface area contributed by atoms with Crippen molar-refractivity contribution in [2.24, 2.45) is 0 Å². The molecule has 1 aromatic rings. The maximum absolute atomic E-state index is 12.6. The molecule has 1 aromatic carbocycles. The third kappa shape index (κ3) is 4.45. The summed E-state index contributed by atoms with van der Waals surface area (Å²) in [6.07, 6.45) is 2.73. The van der Waals surface area contributed by atoms with Crippen molar-refractivity contribution in [3.05, 3.63) is 28.2 Å². The van der Waals surface area contributed by atoms with Gasteiger partial charge in [0.05, 0.1) is 10.5 Å². The summed E-state index contributed by atoms with van der Waals surface area (Å²) >= 11 is 4.81. The van der Waals surface area contributed by atoms with Crippen molar-refractivity contribution < 1.29 is 18.3 Å². The lowest BCUT2D eigenvalue weighted by atomic mass is 10.2. The first kappa shape index (κ1) is 18.5. The summed E-state index contributed by atoms with van der Waals surface area (Å²) in [5, 5.41) is 8.91. The first-order valence-corrected chi connectivity index (χ1v) is 9.84. The van der Waals surface area contributed by atoms with Crippen LogP contribution < -0.4 is 0 Å². The lowest BCUT2D eigenvalue weighted by molar-refractivity contribution is 0.0696. The Hall–Kier alpha value is -0.570. The molecule has 1 unspecified atom stereocenters. The van der Waals surface area contributed by atoms with Crippen LogP contribution in [-0.2, 0) is 10.0 Å². The number of halogens is 1. The largest absolute Gasteiger partial charge is 0.478 e. The molecule has 5 nitrogen and oxygen atoms in total. The number of hydrogen-bond donors (Lipinski definition) is 1. The van der Waals surface area contributed by atoms with Crippen LogP contribution in [0.4, 0.5) is 0 Å². The van der Waals surface area contributed by atoms with Crippen molar-refractivity contribution in [3.8, 4) is 0 Å². The van der Waals surface area contributed by atoms with E-state index in [0.29, 0.717) is 0 Å². The molecule has 0 amide bonds. The van der Waals surface area contributed by atoms with Crippen LogP contribution in [0.5, 0.6) is 0 Å². The number of hydrogen-bond acceptors (Lipinski definition) is 4. The lowest BCUT2D eigenvalue weighted by Crippen LogP contribution is -2.35. The quantitative estimate of drug-likeness (QED) is 0.767. The Kier molecular flexibility index (Phi) is 6.71. The summed E-state index contributed by atoms with van der Waals surface area (Å²) in [6.45, 7) is 1.85. The molecule has 21 heavy (non-hydrogen) atoms. The molecule has 0 fully saturated rings. The van der Waals surface area contributed by atoms with Crippen LogP contribution in [0.1, 0.15) is 23.7 Å². The van der Waals surface area contributed by atoms with Crippen molar-refractivity contribution in [1.29, 1.82) is 0 Å². The third-order valence-corrected chi connectivity index (χ3v) is 6.79. The molecule has 0 aliphatic heterocycles. The first-order valence-electron chi connectivity index (χ1n) is 6.21. The number of carbonyl (C=O) groups is 1. The van der Waals surface area contributed by atoms with E-state index in [2.05, 4.69) is 15.9 Å². The maximum atomic E-state index is 12.6. The predicted molar refractivity (Wildman–Crippen MR) is 88.5 cm³/mol. The van der Waals surface area contributed by atoms with Crippen LogP contribution in [0.25, 0.3) is 0 Å². The van der Waals surface area contributed by atoms with Crippen LogP contribution in [0.3, 0.4) is 0 Å². The number of aromatic carboxylic acids is 1. The summed E-state index contributed by atoms with van der Waals surface area (Å²) in [4.78, 5) is 11.0. The number of rotatable bonds is 7. The molecule has 0 bridgehead atoms. The topological polar surface area (TPSA) is 74.7 Å². The second-order valence-corrected chi connectivity index (χ2v) is 8.41. The van der Waals surface area contributed by atoms with E-state index in [-0.39, 0.29) is 21.0 Å². The van der Waals surface area contributed by atoms with Gasteiger partial charge in [-0.05, 0) is 59.5 Å². The Bertz CT molecular complexity index is 619. The fraction of sp³-hybridized carbons (Fsp3) is 0.462. The predicted octanol–water partition coefficient (Wildman–Crippen LogP) is 2.91. The minimum absolute atomic E-state index is 0.0407. The van der Waals surface area contributed by atoms with Crippen molar-refractivity contribution >= 4 is 43.7 Å². The number of carboxylic acids is 1. The Morgan fingerprint density at radius 3 is 2.57 bits per heavy atom. The van der Waals surface area contributed by atoms with Crippen LogP contribution in [0.15, 0.2) is 27.6 Å². The molecule has 1 N–H and O–H groups in total. The van der Waals surface area contributed by atoms with Gasteiger partial charge in [-0.2, -0.15) is 16.1 Å². The summed E-state index contributed by atoms with van der Waals surface area (Å²) in [6, 6.07) is 3.78. The zero-order chi connectivity index (χ0) is 16.2. The van der Waals surface area contributed by atoms with E-state index in [1.165, 1.54) is 29.6 Å². The van der Waals surface area contributed by atoms with Gasteiger partial charge < -0.3 is 5.11 Å². The van der Waals surface area contributed by atoms with E-state index < -0.39 is 16.0 Å². The molecule has 0 saturated carbocycles. The van der Waals surface area contributed by atoms with Gasteiger partial charge in [-0.25, -0.2) is 13.2 Å². The molecular formula is C13H18BrNO4S2. The van der Waals surface area contributed by atoms with Crippen molar-refractivity contribution in [2.45, 2.75) is 24.3 Å². The number of benzene rings is 1. The Balaban J connectivity index is 3.10. The smallest absolute Gasteiger partial charge is 0.335 e. The molecule has 0 aliphatic rings. The van der Waals surface area contributed by atoms with E-state index in [4.69, 9.17) is 5.11 Å². The third-order valence-electron chi connectivity index (χ3n) is 3.20. The van der Waals surface area contributed by atoms with E-state index in [1.54, 1.807) is 11.8 Å². The fourth-order valence-electron chi connectivity index (χ4n) is 1.71. The van der Waals surface area contributed by atoms with Crippen molar-refractivity contribution in [2.75, 3.05) is 19.1 Å². The first-order chi connectivity index (χ1) is 9.71. The van der Waals surface area contributed by atoms with E-state index in [0.717, 1.165) is 12.2 Å². The van der Waals surface area contributed by atoms with Crippen LogP contribution in [-0.4, -0.2) is 48.9 Å². The van der Waals surface area contributed by atoms with Gasteiger partial charge in [0.25, 0.3) is 0 Å². The molecule has 0 aromatic heterocycles. The maximum Gasteiger partial charge on any atom is 0.335 e. The van der Waals surface area contributed by atoms with E-state index >= 15 is 0 Å². The van der Waals surface area contributed by atoms with Gasteiger partial charge in [0.2, 0.25) is 10.0 Å². The van der Waals surface area contributed by atoms with E-state index in [9.17, 15) is 13.2 Å². The van der Waals surface area contributed by atoms with E-state index in [1.807, 2.05) is 13.2 Å². The summed E-state index contributed by atoms with van der Waals surface area (Å²) < 4.78 is 26.7. The minimum atomic E-state index is -3.66. The molecule has 0 saturated heterocycles. The molecule has 118 valence electrons. The van der Waals surface area contributed by atoms with Gasteiger partial charge >= 0.3 is 5.97 Å². The summed E-state index contributed by atoms with van der Waals surface area (Å²) in [7, 11) is -2.12. The molecule has 8 heteroatoms. The normalized spacial score (nSPS) is 13.4. The van der Waals surface area contributed by atoms with Crippen LogP contribution in [0, 0.1) is 0 Å². The molecule has 0 aliphatic carbocycles. The van der Waals surface area contributed by atoms with Crippen LogP contribution in [0.2, 0.25) is 0 Å². The van der Waals surface area contributed by atoms with Gasteiger partial charge in [0.1, 0.15) is 0 Å². The van der Waals surface area contributed by atoms with Gasteiger partial charge in [0.15, 0.2) is 0 Å². The molecule has 1 rings (SSSR count). The highest BCUT2D eigenvalue weighted by atomic mass is 79.9. The highest BCUT2D eigenvalue weighted by Gasteiger charge is 2.27.